The van der Waals surface area contributed by atoms with Crippen LogP contribution in [0.2, 0.25) is 0 Å². The summed E-state index contributed by atoms with van der Waals surface area (Å²) in [6.07, 6.45) is 7.30. The van der Waals surface area contributed by atoms with Gasteiger partial charge in [0.1, 0.15) is 0 Å². The molecule has 5 nitrogen and oxygen atoms in total. The molecule has 1 aliphatic heterocycles. The molecule has 2 heterocycles. The van der Waals surface area contributed by atoms with Gasteiger partial charge in [0.05, 0.1) is 5.69 Å². The van der Waals surface area contributed by atoms with Crippen LogP contribution in [0.5, 0.6) is 11.5 Å². The molecular formula is C44H35N4OPt+. The summed E-state index contributed by atoms with van der Waals surface area (Å²) in [5.41, 5.74) is 9.66. The maximum absolute atomic E-state index is 6.36. The van der Waals surface area contributed by atoms with Crippen molar-refractivity contribution < 1.29 is 30.4 Å². The average Bonchev–Trinajstić information content (AvgIpc) is 3.79. The molecule has 0 N–H and O–H groups in total. The van der Waals surface area contributed by atoms with E-state index in [4.69, 9.17) is 4.74 Å². The number of benzene rings is 6. The van der Waals surface area contributed by atoms with Crippen LogP contribution in [0.3, 0.4) is 0 Å². The molecule has 0 radical (unpaired) electrons. The first-order valence-electron chi connectivity index (χ1n) is 16.4. The average molecular weight is 831 g/mol. The molecule has 7 aromatic rings. The maximum Gasteiger partial charge on any atom is 4.00 e. The van der Waals surface area contributed by atoms with Gasteiger partial charge < -0.3 is 19.1 Å². The zero-order valence-corrected chi connectivity index (χ0v) is 30.3. The fraction of sp³-hybridized carbons (Fsp3) is 0.0909. The minimum Gasteiger partial charge on any atom is -0.510 e. The van der Waals surface area contributed by atoms with Crippen LogP contribution in [-0.2, 0) is 26.5 Å². The van der Waals surface area contributed by atoms with E-state index < -0.39 is 0 Å². The zero-order valence-electron chi connectivity index (χ0n) is 28.0. The number of anilines is 4. The number of nitrogens with zero attached hydrogens (tertiary/aromatic N) is 4. The molecule has 0 amide bonds. The predicted molar refractivity (Wildman–Crippen MR) is 196 cm³/mol. The molecule has 0 saturated heterocycles. The molecule has 0 fully saturated rings. The van der Waals surface area contributed by atoms with Crippen LogP contribution in [0.15, 0.2) is 152 Å². The van der Waals surface area contributed by atoms with Crippen LogP contribution in [0.25, 0.3) is 22.5 Å². The van der Waals surface area contributed by atoms with Gasteiger partial charge in [-0.05, 0) is 52.6 Å². The Morgan fingerprint density at radius 2 is 1.24 bits per heavy atom. The van der Waals surface area contributed by atoms with Crippen LogP contribution < -0.4 is 19.1 Å². The molecule has 50 heavy (non-hydrogen) atoms. The second kappa shape index (κ2) is 13.9. The van der Waals surface area contributed by atoms with Crippen molar-refractivity contribution in [1.82, 2.24) is 4.57 Å². The number of fused-ring (bicyclic) bond motifs is 1. The first kappa shape index (κ1) is 33.1. The third-order valence-corrected chi connectivity index (χ3v) is 8.70. The Morgan fingerprint density at radius 1 is 0.620 bits per heavy atom. The van der Waals surface area contributed by atoms with Crippen LogP contribution in [-0.4, -0.2) is 4.57 Å². The van der Waals surface area contributed by atoms with E-state index in [2.05, 4.69) is 135 Å². The minimum atomic E-state index is -0.000923. The zero-order chi connectivity index (χ0) is 33.4. The standard InChI is InChI=1S/C44H35N4O.Pt/c1-44(2,3)34-24-25-40(33-14-6-4-7-15-33)43(28-34)48-32-47(41-22-10-11-23-42(41)48)37-19-13-21-39(30-37)49-38-20-12-18-36(29-38)46-27-26-45(31-46)35-16-8-5-9-17-35;/h4-28,32H,1-3H3;/q-3;+4. The topological polar surface area (TPSA) is 24.5 Å². The van der Waals surface area contributed by atoms with Crippen molar-refractivity contribution in [3.05, 3.63) is 183 Å². The number of para-hydroxylation sites is 3. The van der Waals surface area contributed by atoms with Crippen LogP contribution in [0.1, 0.15) is 26.3 Å². The first-order chi connectivity index (χ1) is 23.9. The SMILES string of the molecule is CC(C)(C)c1ccc(-c2ccccc2)c(N2[CH-]N(c3[c-]c(Oc4[c-]c(-n5[c-][n+](-c6ccccc6)cc5)ccc4)ccc3)c3ccccc32)c1.[Pt+4]. The Morgan fingerprint density at radius 3 is 1.94 bits per heavy atom. The monoisotopic (exact) mass is 830 g/mol. The summed E-state index contributed by atoms with van der Waals surface area (Å²) in [5, 5.41) is 0. The summed E-state index contributed by atoms with van der Waals surface area (Å²) in [6.45, 7) is 8.93. The Labute approximate surface area is 308 Å². The molecule has 8 rings (SSSR count). The predicted octanol–water partition coefficient (Wildman–Crippen LogP) is 10.3. The van der Waals surface area contributed by atoms with E-state index in [9.17, 15) is 0 Å². The number of hydrogen-bond donors (Lipinski definition) is 0. The molecule has 1 aliphatic rings. The molecule has 0 unspecified atom stereocenters. The summed E-state index contributed by atoms with van der Waals surface area (Å²) in [7, 11) is 0. The van der Waals surface area contributed by atoms with Gasteiger partial charge in [0.2, 0.25) is 0 Å². The molecule has 6 heteroatoms. The van der Waals surface area contributed by atoms with Crippen LogP contribution in [0, 0.1) is 25.1 Å². The largest absolute Gasteiger partial charge is 4.00 e. The molecule has 0 bridgehead atoms. The van der Waals surface area contributed by atoms with E-state index in [1.165, 1.54) is 16.7 Å². The third kappa shape index (κ3) is 6.62. The third-order valence-electron chi connectivity index (χ3n) is 8.70. The Balaban J connectivity index is 0.00000392. The van der Waals surface area contributed by atoms with Gasteiger partial charge in [0.15, 0.2) is 0 Å². The number of rotatable bonds is 7. The van der Waals surface area contributed by atoms with E-state index >= 15 is 0 Å². The minimum absolute atomic E-state index is 0. The van der Waals surface area contributed by atoms with E-state index in [0.29, 0.717) is 11.5 Å². The van der Waals surface area contributed by atoms with Crippen molar-refractivity contribution in [2.45, 2.75) is 26.2 Å². The Bertz CT molecular complexity index is 2240. The van der Waals surface area contributed by atoms with Gasteiger partial charge in [-0.1, -0.05) is 93.6 Å². The van der Waals surface area contributed by atoms with E-state index in [1.807, 2.05) is 82.2 Å². The van der Waals surface area contributed by atoms with Crippen LogP contribution >= 0.6 is 0 Å². The molecule has 0 atom stereocenters. The number of imidazole rings is 1. The van der Waals surface area contributed by atoms with Gasteiger partial charge in [-0.15, -0.1) is 42.7 Å². The number of aromatic nitrogens is 2. The quantitative estimate of drug-likeness (QED) is 0.118. The second-order valence-electron chi connectivity index (χ2n) is 13.1. The number of ether oxygens (including phenoxy) is 1. The van der Waals surface area contributed by atoms with E-state index in [0.717, 1.165) is 34.1 Å². The van der Waals surface area contributed by atoms with Gasteiger partial charge in [0.25, 0.3) is 6.33 Å². The smallest absolute Gasteiger partial charge is 0.510 e. The Hall–Kier alpha value is -5.38. The van der Waals surface area contributed by atoms with E-state index in [1.54, 1.807) is 0 Å². The number of hydrogen-bond acceptors (Lipinski definition) is 3. The van der Waals surface area contributed by atoms with Crippen molar-refractivity contribution in [2.24, 2.45) is 0 Å². The van der Waals surface area contributed by atoms with Gasteiger partial charge >= 0.3 is 21.1 Å². The Kier molecular flexibility index (Phi) is 9.18. The van der Waals surface area contributed by atoms with Crippen molar-refractivity contribution in [2.75, 3.05) is 9.80 Å². The van der Waals surface area contributed by atoms with Crippen molar-refractivity contribution >= 4 is 22.7 Å². The van der Waals surface area contributed by atoms with Gasteiger partial charge in [0, 0.05) is 46.5 Å². The summed E-state index contributed by atoms with van der Waals surface area (Å²) in [6, 6.07) is 54.8. The second-order valence-corrected chi connectivity index (χ2v) is 13.1. The molecule has 0 saturated carbocycles. The maximum atomic E-state index is 6.36. The fourth-order valence-electron chi connectivity index (χ4n) is 6.13. The molecule has 246 valence electrons. The molecular weight excluding hydrogens is 796 g/mol. The van der Waals surface area contributed by atoms with Crippen molar-refractivity contribution in [1.29, 1.82) is 0 Å². The van der Waals surface area contributed by atoms with E-state index in [-0.39, 0.29) is 26.5 Å². The molecule has 1 aromatic heterocycles. The summed E-state index contributed by atoms with van der Waals surface area (Å²) in [4.78, 5) is 4.47. The van der Waals surface area contributed by atoms with Crippen molar-refractivity contribution in [3.8, 4) is 34.0 Å². The normalized spacial score (nSPS) is 12.4. The molecule has 0 spiro atoms. The summed E-state index contributed by atoms with van der Waals surface area (Å²) < 4.78 is 10.2. The molecule has 6 aromatic carbocycles. The van der Waals surface area contributed by atoms with Crippen molar-refractivity contribution in [3.63, 3.8) is 0 Å². The summed E-state index contributed by atoms with van der Waals surface area (Å²) in [5.74, 6) is 1.20. The fourth-order valence-corrected chi connectivity index (χ4v) is 6.13. The van der Waals surface area contributed by atoms with Gasteiger partial charge in [-0.3, -0.25) is 4.57 Å². The van der Waals surface area contributed by atoms with Gasteiger partial charge in [-0.25, -0.2) is 0 Å². The molecule has 0 aliphatic carbocycles. The van der Waals surface area contributed by atoms with Gasteiger partial charge in [-0.2, -0.15) is 18.2 Å². The first-order valence-corrected chi connectivity index (χ1v) is 16.4. The summed E-state index contributed by atoms with van der Waals surface area (Å²) >= 11 is 0. The van der Waals surface area contributed by atoms with Crippen LogP contribution in [0.4, 0.5) is 22.7 Å².